The van der Waals surface area contributed by atoms with Gasteiger partial charge < -0.3 is 10.6 Å². The summed E-state index contributed by atoms with van der Waals surface area (Å²) in [5, 5.41) is 5.60. The Labute approximate surface area is 142 Å². The summed E-state index contributed by atoms with van der Waals surface area (Å²) in [5.74, 6) is 1.65. The van der Waals surface area contributed by atoms with E-state index in [1.165, 1.54) is 12.8 Å². The predicted molar refractivity (Wildman–Crippen MR) is 97.1 cm³/mol. The smallest absolute Gasteiger partial charge is 0.230 e. The number of rotatable bonds is 11. The van der Waals surface area contributed by atoms with E-state index in [-0.39, 0.29) is 11.3 Å². The van der Waals surface area contributed by atoms with Crippen molar-refractivity contribution in [2.24, 2.45) is 17.3 Å². The maximum Gasteiger partial charge on any atom is 0.230 e. The van der Waals surface area contributed by atoms with Gasteiger partial charge in [-0.25, -0.2) is 0 Å². The highest BCUT2D eigenvalue weighted by Gasteiger charge is 2.46. The molecule has 0 bridgehead atoms. The van der Waals surface area contributed by atoms with Gasteiger partial charge in [-0.1, -0.05) is 33.8 Å². The van der Waals surface area contributed by atoms with Crippen LogP contribution >= 0.6 is 0 Å². The van der Waals surface area contributed by atoms with Gasteiger partial charge in [0.05, 0.1) is 5.41 Å². The van der Waals surface area contributed by atoms with Crippen LogP contribution in [0.3, 0.4) is 0 Å². The van der Waals surface area contributed by atoms with Gasteiger partial charge in [0, 0.05) is 13.1 Å². The Morgan fingerprint density at radius 2 is 1.61 bits per heavy atom. The number of carbonyl (C=O) groups is 2. The van der Waals surface area contributed by atoms with Crippen LogP contribution in [0.1, 0.15) is 66.2 Å². The minimum absolute atomic E-state index is 0.177. The van der Waals surface area contributed by atoms with Crippen molar-refractivity contribution >= 4 is 12.3 Å². The van der Waals surface area contributed by atoms with Crippen molar-refractivity contribution in [3.8, 4) is 0 Å². The van der Waals surface area contributed by atoms with Gasteiger partial charge in [0.1, 0.15) is 0 Å². The summed E-state index contributed by atoms with van der Waals surface area (Å²) in [6.07, 6.45) is 9.05. The molecule has 0 unspecified atom stereocenters. The van der Waals surface area contributed by atoms with E-state index in [1.807, 2.05) is 0 Å². The summed E-state index contributed by atoms with van der Waals surface area (Å²) < 4.78 is 0. The molecule has 23 heavy (non-hydrogen) atoms. The summed E-state index contributed by atoms with van der Waals surface area (Å²) in [6, 6.07) is 0. The molecule has 0 aromatic heterocycles. The Hall–Kier alpha value is -1.32. The molecular formula is C19H36N2O2. The molecule has 0 heterocycles. The van der Waals surface area contributed by atoms with E-state index in [1.54, 1.807) is 6.08 Å². The molecule has 134 valence electrons. The van der Waals surface area contributed by atoms with Crippen molar-refractivity contribution in [1.29, 1.82) is 0 Å². The standard InChI is InChI=1S/C12H21NO.C7H15NO/c1-4-12(7-8-12)11(14)13-9-5-6-10(2)3;1-7(2)4-3-5-8-6-9/h4,10H,1,5-9H2,2-3H3,(H,13,14);6-7H,3-5H2,1-2H3,(H,8,9). The van der Waals surface area contributed by atoms with E-state index < -0.39 is 0 Å². The second-order valence-electron chi connectivity index (χ2n) is 7.26. The van der Waals surface area contributed by atoms with Gasteiger partial charge in [-0.05, 0) is 50.4 Å². The van der Waals surface area contributed by atoms with Crippen LogP contribution in [0, 0.1) is 17.3 Å². The third-order valence-corrected chi connectivity index (χ3v) is 4.06. The maximum atomic E-state index is 11.6. The molecule has 1 aliphatic carbocycles. The lowest BCUT2D eigenvalue weighted by atomic mass is 10.1. The quantitative estimate of drug-likeness (QED) is 0.346. The lowest BCUT2D eigenvalue weighted by Gasteiger charge is -2.11. The fraction of sp³-hybridized carbons (Fsp3) is 0.789. The van der Waals surface area contributed by atoms with E-state index in [2.05, 4.69) is 44.9 Å². The minimum atomic E-state index is -0.197. The maximum absolute atomic E-state index is 11.6. The van der Waals surface area contributed by atoms with Crippen LogP contribution in [-0.4, -0.2) is 25.4 Å². The molecule has 1 rings (SSSR count). The molecule has 0 saturated heterocycles. The molecule has 1 aliphatic rings. The Kier molecular flexibility index (Phi) is 11.4. The second kappa shape index (κ2) is 12.1. The molecule has 0 atom stereocenters. The molecular weight excluding hydrogens is 288 g/mol. The topological polar surface area (TPSA) is 58.2 Å². The highest BCUT2D eigenvalue weighted by molar-refractivity contribution is 5.87. The Bertz CT molecular complexity index is 347. The summed E-state index contributed by atoms with van der Waals surface area (Å²) >= 11 is 0. The zero-order valence-electron chi connectivity index (χ0n) is 15.5. The molecule has 0 aromatic carbocycles. The number of nitrogens with one attached hydrogen (secondary N) is 2. The van der Waals surface area contributed by atoms with Crippen molar-refractivity contribution < 1.29 is 9.59 Å². The monoisotopic (exact) mass is 324 g/mol. The lowest BCUT2D eigenvalue weighted by molar-refractivity contribution is -0.124. The molecule has 1 saturated carbocycles. The van der Waals surface area contributed by atoms with Crippen LogP contribution < -0.4 is 10.6 Å². The van der Waals surface area contributed by atoms with E-state index in [0.29, 0.717) is 0 Å². The summed E-state index contributed by atoms with van der Waals surface area (Å²) in [4.78, 5) is 21.4. The highest BCUT2D eigenvalue weighted by Crippen LogP contribution is 2.46. The molecule has 2 amide bonds. The molecule has 0 aromatic rings. The van der Waals surface area contributed by atoms with Crippen LogP contribution in [0.25, 0.3) is 0 Å². The summed E-state index contributed by atoms with van der Waals surface area (Å²) in [6.45, 7) is 14.1. The third kappa shape index (κ3) is 10.9. The first-order chi connectivity index (χ1) is 10.9. The Morgan fingerprint density at radius 3 is 2.00 bits per heavy atom. The van der Waals surface area contributed by atoms with Crippen LogP contribution in [0.4, 0.5) is 0 Å². The van der Waals surface area contributed by atoms with Gasteiger partial charge >= 0.3 is 0 Å². The average Bonchev–Trinajstić information content (AvgIpc) is 3.29. The van der Waals surface area contributed by atoms with Gasteiger partial charge in [0.25, 0.3) is 0 Å². The van der Waals surface area contributed by atoms with Crippen molar-refractivity contribution in [3.63, 3.8) is 0 Å². The summed E-state index contributed by atoms with van der Waals surface area (Å²) in [5.41, 5.74) is -0.197. The Morgan fingerprint density at radius 1 is 1.09 bits per heavy atom. The fourth-order valence-electron chi connectivity index (χ4n) is 2.22. The van der Waals surface area contributed by atoms with Crippen molar-refractivity contribution in [2.75, 3.05) is 13.1 Å². The number of amides is 2. The zero-order chi connectivity index (χ0) is 17.7. The second-order valence-corrected chi connectivity index (χ2v) is 7.26. The molecule has 4 nitrogen and oxygen atoms in total. The van der Waals surface area contributed by atoms with Gasteiger partial charge in [-0.2, -0.15) is 0 Å². The van der Waals surface area contributed by atoms with Crippen molar-refractivity contribution in [2.45, 2.75) is 66.2 Å². The van der Waals surface area contributed by atoms with Crippen LogP contribution in [-0.2, 0) is 9.59 Å². The SMILES string of the molecule is C=CC1(C(=O)NCCCC(C)C)CC1.CC(C)CCCNC=O. The van der Waals surface area contributed by atoms with Gasteiger partial charge in [0.15, 0.2) is 0 Å². The van der Waals surface area contributed by atoms with Crippen LogP contribution in [0.2, 0.25) is 0 Å². The van der Waals surface area contributed by atoms with E-state index in [0.717, 1.165) is 57.0 Å². The first kappa shape index (κ1) is 21.7. The van der Waals surface area contributed by atoms with Crippen molar-refractivity contribution in [3.05, 3.63) is 12.7 Å². The molecule has 0 aliphatic heterocycles. The first-order valence-electron chi connectivity index (χ1n) is 8.97. The lowest BCUT2D eigenvalue weighted by Crippen LogP contribution is -2.31. The third-order valence-electron chi connectivity index (χ3n) is 4.06. The highest BCUT2D eigenvalue weighted by atomic mass is 16.2. The van der Waals surface area contributed by atoms with Crippen molar-refractivity contribution in [1.82, 2.24) is 10.6 Å². The normalized spacial score (nSPS) is 14.7. The summed E-state index contributed by atoms with van der Waals surface area (Å²) in [7, 11) is 0. The van der Waals surface area contributed by atoms with E-state index in [9.17, 15) is 9.59 Å². The molecule has 2 N–H and O–H groups in total. The number of hydrogen-bond acceptors (Lipinski definition) is 2. The molecule has 0 spiro atoms. The Balaban J connectivity index is 0.000000468. The van der Waals surface area contributed by atoms with E-state index >= 15 is 0 Å². The van der Waals surface area contributed by atoms with Gasteiger partial charge in [-0.3, -0.25) is 9.59 Å². The first-order valence-corrected chi connectivity index (χ1v) is 8.97. The fourth-order valence-corrected chi connectivity index (χ4v) is 2.22. The van der Waals surface area contributed by atoms with E-state index in [4.69, 9.17) is 0 Å². The van der Waals surface area contributed by atoms with Crippen LogP contribution in [0.15, 0.2) is 12.7 Å². The predicted octanol–water partition coefficient (Wildman–Crippen LogP) is 3.67. The molecule has 1 fully saturated rings. The molecule has 0 radical (unpaired) electrons. The number of hydrogen-bond donors (Lipinski definition) is 2. The van der Waals surface area contributed by atoms with Crippen LogP contribution in [0.5, 0.6) is 0 Å². The largest absolute Gasteiger partial charge is 0.359 e. The number of carbonyl (C=O) groups excluding carboxylic acids is 2. The van der Waals surface area contributed by atoms with Gasteiger partial charge in [-0.15, -0.1) is 6.58 Å². The zero-order valence-corrected chi connectivity index (χ0v) is 15.5. The minimum Gasteiger partial charge on any atom is -0.359 e. The van der Waals surface area contributed by atoms with Gasteiger partial charge in [0.2, 0.25) is 12.3 Å². The average molecular weight is 325 g/mol. The molecule has 4 heteroatoms.